The van der Waals surface area contributed by atoms with E-state index in [9.17, 15) is 4.79 Å². The van der Waals surface area contributed by atoms with Crippen LogP contribution in [0.4, 0.5) is 5.82 Å². The third-order valence-corrected chi connectivity index (χ3v) is 4.55. The zero-order chi connectivity index (χ0) is 16.7. The molecule has 2 aromatic heterocycles. The summed E-state index contributed by atoms with van der Waals surface area (Å²) in [7, 11) is 1.64. The molecule has 0 unspecified atom stereocenters. The number of benzene rings is 1. The molecule has 3 N–H and O–H groups in total. The summed E-state index contributed by atoms with van der Waals surface area (Å²) >= 11 is 0. The summed E-state index contributed by atoms with van der Waals surface area (Å²) in [5, 5.41) is 11.1. The number of aromatic amines is 2. The number of carbonyl (C=O) groups excluding carboxylic acids is 1. The summed E-state index contributed by atoms with van der Waals surface area (Å²) < 4.78 is 5.29. The molecule has 0 spiro atoms. The molecule has 6 nitrogen and oxygen atoms in total. The Hall–Kier alpha value is -2.76. The van der Waals surface area contributed by atoms with E-state index < -0.39 is 0 Å². The number of amides is 1. The van der Waals surface area contributed by atoms with Gasteiger partial charge in [-0.25, -0.2) is 0 Å². The van der Waals surface area contributed by atoms with Gasteiger partial charge >= 0.3 is 0 Å². The fourth-order valence-corrected chi connectivity index (χ4v) is 3.07. The molecule has 1 fully saturated rings. The molecule has 1 aliphatic carbocycles. The van der Waals surface area contributed by atoms with Crippen LogP contribution in [0.3, 0.4) is 0 Å². The zero-order valence-electron chi connectivity index (χ0n) is 13.8. The van der Waals surface area contributed by atoms with Crippen molar-refractivity contribution in [2.75, 3.05) is 12.4 Å². The first-order valence-corrected chi connectivity index (χ1v) is 8.14. The fourth-order valence-electron chi connectivity index (χ4n) is 3.07. The van der Waals surface area contributed by atoms with E-state index in [2.05, 4.69) is 20.5 Å². The number of carbonyl (C=O) groups is 1. The van der Waals surface area contributed by atoms with Crippen molar-refractivity contribution in [3.8, 4) is 5.75 Å². The number of ether oxygens (including phenoxy) is 1. The molecule has 1 aliphatic rings. The van der Waals surface area contributed by atoms with Gasteiger partial charge in [-0.2, -0.15) is 5.10 Å². The molecule has 1 saturated carbocycles. The number of nitrogens with zero attached hydrogens (tertiary/aromatic N) is 1. The Morgan fingerprint density at radius 1 is 1.38 bits per heavy atom. The molecule has 6 heteroatoms. The molecule has 0 bridgehead atoms. The van der Waals surface area contributed by atoms with Crippen LogP contribution in [0.5, 0.6) is 5.75 Å². The van der Waals surface area contributed by atoms with Crippen LogP contribution in [0.2, 0.25) is 0 Å². The number of anilines is 1. The van der Waals surface area contributed by atoms with Gasteiger partial charge in [0, 0.05) is 34.3 Å². The lowest BCUT2D eigenvalue weighted by Crippen LogP contribution is -2.15. The summed E-state index contributed by atoms with van der Waals surface area (Å²) in [6, 6.07) is 7.77. The average Bonchev–Trinajstić information content (AvgIpc) is 3.25. The highest BCUT2D eigenvalue weighted by molar-refractivity contribution is 5.96. The van der Waals surface area contributed by atoms with Crippen molar-refractivity contribution in [2.24, 2.45) is 0 Å². The Balaban J connectivity index is 1.53. The summed E-state index contributed by atoms with van der Waals surface area (Å²) in [5.74, 6) is 1.89. The van der Waals surface area contributed by atoms with Gasteiger partial charge in [-0.3, -0.25) is 9.89 Å². The normalized spacial score (nSPS) is 14.1. The number of methoxy groups -OCH3 is 1. The van der Waals surface area contributed by atoms with E-state index in [1.54, 1.807) is 7.11 Å². The van der Waals surface area contributed by atoms with E-state index in [1.807, 2.05) is 31.2 Å². The second-order valence-electron chi connectivity index (χ2n) is 6.35. The SMILES string of the molecule is COc1ccc2[nH]c(C)c(CC(=O)Nc3cc(C4CC4)[nH]n3)c2c1. The van der Waals surface area contributed by atoms with Crippen LogP contribution in [-0.4, -0.2) is 28.2 Å². The largest absolute Gasteiger partial charge is 0.497 e. The molecule has 1 amide bonds. The molecule has 0 radical (unpaired) electrons. The Labute approximate surface area is 139 Å². The van der Waals surface area contributed by atoms with Gasteiger partial charge in [0.1, 0.15) is 5.75 Å². The molecule has 2 heterocycles. The van der Waals surface area contributed by atoms with Crippen LogP contribution in [0.1, 0.15) is 35.7 Å². The summed E-state index contributed by atoms with van der Waals surface area (Å²) in [6.07, 6.45) is 2.70. The molecule has 0 atom stereocenters. The number of aromatic nitrogens is 3. The molecule has 0 saturated heterocycles. The second-order valence-corrected chi connectivity index (χ2v) is 6.35. The number of fused-ring (bicyclic) bond motifs is 1. The van der Waals surface area contributed by atoms with Crippen molar-refractivity contribution >= 4 is 22.6 Å². The molecule has 0 aliphatic heterocycles. The predicted molar refractivity (Wildman–Crippen MR) is 92.5 cm³/mol. The van der Waals surface area contributed by atoms with Gasteiger partial charge in [0.2, 0.25) is 5.91 Å². The van der Waals surface area contributed by atoms with Gasteiger partial charge in [0.25, 0.3) is 0 Å². The number of hydrogen-bond donors (Lipinski definition) is 3. The standard InChI is InChI=1S/C18H20N4O2/c1-10-13(14-7-12(24-2)5-6-15(14)19-10)8-18(23)20-17-9-16(21-22-17)11-3-4-11/h5-7,9,11,19H,3-4,8H2,1-2H3,(H2,20,21,22,23). The fraction of sp³-hybridized carbons (Fsp3) is 0.333. The third kappa shape index (κ3) is 2.75. The van der Waals surface area contributed by atoms with Crippen LogP contribution >= 0.6 is 0 Å². The number of hydrogen-bond acceptors (Lipinski definition) is 3. The Morgan fingerprint density at radius 2 is 2.21 bits per heavy atom. The van der Waals surface area contributed by atoms with Crippen molar-refractivity contribution in [3.05, 3.63) is 41.2 Å². The smallest absolute Gasteiger partial charge is 0.230 e. The van der Waals surface area contributed by atoms with Crippen molar-refractivity contribution in [3.63, 3.8) is 0 Å². The molecular formula is C18H20N4O2. The van der Waals surface area contributed by atoms with Crippen molar-refractivity contribution in [1.29, 1.82) is 0 Å². The van der Waals surface area contributed by atoms with Crippen LogP contribution < -0.4 is 10.1 Å². The van der Waals surface area contributed by atoms with Gasteiger partial charge in [-0.05, 0) is 43.5 Å². The van der Waals surface area contributed by atoms with E-state index in [4.69, 9.17) is 4.74 Å². The third-order valence-electron chi connectivity index (χ3n) is 4.55. The lowest BCUT2D eigenvalue weighted by molar-refractivity contribution is -0.115. The lowest BCUT2D eigenvalue weighted by atomic mass is 10.1. The lowest BCUT2D eigenvalue weighted by Gasteiger charge is -2.04. The average molecular weight is 324 g/mol. The van der Waals surface area contributed by atoms with Gasteiger partial charge in [0.15, 0.2) is 5.82 Å². The highest BCUT2D eigenvalue weighted by Crippen LogP contribution is 2.39. The monoisotopic (exact) mass is 324 g/mol. The van der Waals surface area contributed by atoms with Crippen molar-refractivity contribution in [1.82, 2.24) is 15.2 Å². The van der Waals surface area contributed by atoms with Crippen LogP contribution in [0, 0.1) is 6.92 Å². The topological polar surface area (TPSA) is 82.8 Å². The number of aryl methyl sites for hydroxylation is 1. The van der Waals surface area contributed by atoms with Crippen molar-refractivity contribution in [2.45, 2.75) is 32.1 Å². The molecule has 3 aromatic rings. The van der Waals surface area contributed by atoms with Crippen molar-refractivity contribution < 1.29 is 9.53 Å². The van der Waals surface area contributed by atoms with E-state index in [-0.39, 0.29) is 5.91 Å². The van der Waals surface area contributed by atoms with E-state index in [0.29, 0.717) is 18.2 Å². The van der Waals surface area contributed by atoms with E-state index in [0.717, 1.165) is 33.6 Å². The Bertz CT molecular complexity index is 905. The Kier molecular flexibility index (Phi) is 3.52. The first kappa shape index (κ1) is 14.8. The highest BCUT2D eigenvalue weighted by atomic mass is 16.5. The minimum atomic E-state index is -0.0735. The molecule has 4 rings (SSSR count). The number of H-pyrrole nitrogens is 2. The molecule has 124 valence electrons. The summed E-state index contributed by atoms with van der Waals surface area (Å²) in [4.78, 5) is 15.7. The second kappa shape index (κ2) is 5.70. The Morgan fingerprint density at radius 3 is 2.96 bits per heavy atom. The number of nitrogens with one attached hydrogen (secondary N) is 3. The quantitative estimate of drug-likeness (QED) is 0.673. The summed E-state index contributed by atoms with van der Waals surface area (Å²) in [6.45, 7) is 1.98. The molecule has 24 heavy (non-hydrogen) atoms. The van der Waals surface area contributed by atoms with E-state index in [1.165, 1.54) is 12.8 Å². The minimum Gasteiger partial charge on any atom is -0.497 e. The van der Waals surface area contributed by atoms with Gasteiger partial charge < -0.3 is 15.0 Å². The first-order valence-electron chi connectivity index (χ1n) is 8.14. The van der Waals surface area contributed by atoms with Crippen LogP contribution in [0.15, 0.2) is 24.3 Å². The van der Waals surface area contributed by atoms with Gasteiger partial charge in [-0.15, -0.1) is 0 Å². The minimum absolute atomic E-state index is 0.0735. The molecule has 1 aromatic carbocycles. The van der Waals surface area contributed by atoms with Gasteiger partial charge in [0.05, 0.1) is 13.5 Å². The first-order chi connectivity index (χ1) is 11.6. The van der Waals surface area contributed by atoms with Crippen LogP contribution in [-0.2, 0) is 11.2 Å². The maximum Gasteiger partial charge on any atom is 0.230 e. The summed E-state index contributed by atoms with van der Waals surface area (Å²) in [5.41, 5.74) is 4.10. The van der Waals surface area contributed by atoms with E-state index >= 15 is 0 Å². The molecular weight excluding hydrogens is 304 g/mol. The van der Waals surface area contributed by atoms with Crippen LogP contribution in [0.25, 0.3) is 10.9 Å². The maximum atomic E-state index is 12.4. The zero-order valence-corrected chi connectivity index (χ0v) is 13.8. The maximum absolute atomic E-state index is 12.4. The van der Waals surface area contributed by atoms with Gasteiger partial charge in [-0.1, -0.05) is 0 Å². The number of rotatable bonds is 5. The highest BCUT2D eigenvalue weighted by Gasteiger charge is 2.25. The predicted octanol–water partition coefficient (Wildman–Crippen LogP) is 3.27.